The van der Waals surface area contributed by atoms with E-state index in [1.54, 1.807) is 4.90 Å². The molecule has 0 aromatic carbocycles. The predicted octanol–water partition coefficient (Wildman–Crippen LogP) is -0.777. The van der Waals surface area contributed by atoms with Gasteiger partial charge in [0.1, 0.15) is 0 Å². The van der Waals surface area contributed by atoms with Gasteiger partial charge in [0, 0.05) is 12.6 Å². The molecule has 1 atom stereocenters. The van der Waals surface area contributed by atoms with Crippen LogP contribution in [0, 0.1) is 0 Å². The molecule has 0 aromatic heterocycles. The molecule has 5 nitrogen and oxygen atoms in total. The zero-order valence-corrected chi connectivity index (χ0v) is 8.93. The Labute approximate surface area is 84.3 Å². The number of carbonyl (C=O) groups is 1. The van der Waals surface area contributed by atoms with Crippen LogP contribution in [0.1, 0.15) is 13.8 Å². The number of hydrogen-bond donors (Lipinski definition) is 2. The minimum Gasteiger partial charge on any atom is -0.468 e. The first kappa shape index (κ1) is 13.4. The van der Waals surface area contributed by atoms with E-state index < -0.39 is 6.10 Å². The number of carbonyl (C=O) groups excluding carboxylic acids is 1. The highest BCUT2D eigenvalue weighted by molar-refractivity contribution is 5.71. The number of esters is 1. The summed E-state index contributed by atoms with van der Waals surface area (Å²) in [5.74, 6) is -0.344. The van der Waals surface area contributed by atoms with Crippen molar-refractivity contribution in [2.75, 3.05) is 26.8 Å². The number of aliphatic hydroxyl groups excluding tert-OH is 2. The van der Waals surface area contributed by atoms with Crippen LogP contribution >= 0.6 is 0 Å². The molecule has 0 bridgehead atoms. The fraction of sp³-hybridized carbons (Fsp3) is 0.889. The molecule has 0 saturated heterocycles. The van der Waals surface area contributed by atoms with E-state index >= 15 is 0 Å². The summed E-state index contributed by atoms with van der Waals surface area (Å²) in [6, 6.07) is 0.121. The molecular formula is C9H19NO4. The minimum atomic E-state index is -0.818. The summed E-state index contributed by atoms with van der Waals surface area (Å²) in [6.45, 7) is 3.92. The summed E-state index contributed by atoms with van der Waals surface area (Å²) in [4.78, 5) is 12.7. The second kappa shape index (κ2) is 6.75. The summed E-state index contributed by atoms with van der Waals surface area (Å²) in [5.41, 5.74) is 0. The molecule has 0 amide bonds. The number of hydrogen-bond acceptors (Lipinski definition) is 5. The second-order valence-electron chi connectivity index (χ2n) is 3.44. The Kier molecular flexibility index (Phi) is 6.44. The van der Waals surface area contributed by atoms with E-state index in [9.17, 15) is 9.90 Å². The SMILES string of the molecule is COC(=O)CN(CC(O)CO)C(C)C. The van der Waals surface area contributed by atoms with Crippen molar-refractivity contribution in [2.24, 2.45) is 0 Å². The van der Waals surface area contributed by atoms with Gasteiger partial charge in [0.15, 0.2) is 0 Å². The van der Waals surface area contributed by atoms with Gasteiger partial charge in [-0.1, -0.05) is 0 Å². The lowest BCUT2D eigenvalue weighted by Crippen LogP contribution is -2.42. The highest BCUT2D eigenvalue weighted by Gasteiger charge is 2.17. The first-order valence-electron chi connectivity index (χ1n) is 4.61. The molecule has 0 aromatic rings. The van der Waals surface area contributed by atoms with E-state index in [0.29, 0.717) is 0 Å². The van der Waals surface area contributed by atoms with E-state index in [-0.39, 0.29) is 31.7 Å². The average Bonchev–Trinajstić information content (AvgIpc) is 2.16. The molecule has 2 N–H and O–H groups in total. The normalized spacial score (nSPS) is 13.4. The van der Waals surface area contributed by atoms with Gasteiger partial charge in [0.25, 0.3) is 0 Å². The molecule has 0 rings (SSSR count). The van der Waals surface area contributed by atoms with Crippen LogP contribution in [0.25, 0.3) is 0 Å². The monoisotopic (exact) mass is 205 g/mol. The highest BCUT2D eigenvalue weighted by Crippen LogP contribution is 2.00. The maximum absolute atomic E-state index is 11.0. The Morgan fingerprint density at radius 1 is 1.50 bits per heavy atom. The van der Waals surface area contributed by atoms with Crippen LogP contribution in [0.2, 0.25) is 0 Å². The van der Waals surface area contributed by atoms with Gasteiger partial charge in [-0.25, -0.2) is 0 Å². The molecule has 0 spiro atoms. The first-order valence-corrected chi connectivity index (χ1v) is 4.61. The first-order chi connectivity index (χ1) is 6.51. The third-order valence-corrected chi connectivity index (χ3v) is 1.95. The molecular weight excluding hydrogens is 186 g/mol. The molecule has 0 saturated carbocycles. The van der Waals surface area contributed by atoms with Crippen molar-refractivity contribution in [1.29, 1.82) is 0 Å². The van der Waals surface area contributed by atoms with Crippen molar-refractivity contribution in [3.63, 3.8) is 0 Å². The van der Waals surface area contributed by atoms with Crippen LogP contribution < -0.4 is 0 Å². The van der Waals surface area contributed by atoms with Gasteiger partial charge in [-0.3, -0.25) is 9.69 Å². The summed E-state index contributed by atoms with van der Waals surface area (Å²) in [6.07, 6.45) is -0.818. The summed E-state index contributed by atoms with van der Waals surface area (Å²) in [5, 5.41) is 17.9. The molecule has 1 unspecified atom stereocenters. The molecule has 0 aliphatic heterocycles. The zero-order chi connectivity index (χ0) is 11.1. The number of nitrogens with zero attached hydrogens (tertiary/aromatic N) is 1. The van der Waals surface area contributed by atoms with Gasteiger partial charge in [0.2, 0.25) is 0 Å². The Morgan fingerprint density at radius 2 is 2.07 bits per heavy atom. The largest absolute Gasteiger partial charge is 0.468 e. The average molecular weight is 205 g/mol. The Hall–Kier alpha value is -0.650. The second-order valence-corrected chi connectivity index (χ2v) is 3.44. The standard InChI is InChI=1S/C9H19NO4/c1-7(2)10(4-8(12)6-11)5-9(13)14-3/h7-8,11-12H,4-6H2,1-3H3. The van der Waals surface area contributed by atoms with Crippen molar-refractivity contribution in [1.82, 2.24) is 4.90 Å². The van der Waals surface area contributed by atoms with Crippen molar-refractivity contribution >= 4 is 5.97 Å². The molecule has 0 heterocycles. The molecule has 5 heteroatoms. The molecule has 0 aliphatic rings. The zero-order valence-electron chi connectivity index (χ0n) is 8.93. The van der Waals surface area contributed by atoms with E-state index in [1.165, 1.54) is 7.11 Å². The summed E-state index contributed by atoms with van der Waals surface area (Å²) in [7, 11) is 1.32. The molecule has 14 heavy (non-hydrogen) atoms. The Morgan fingerprint density at radius 3 is 2.43 bits per heavy atom. The van der Waals surface area contributed by atoms with E-state index in [0.717, 1.165) is 0 Å². The van der Waals surface area contributed by atoms with Crippen LogP contribution in [-0.2, 0) is 9.53 Å². The maximum Gasteiger partial charge on any atom is 0.319 e. The maximum atomic E-state index is 11.0. The third kappa shape index (κ3) is 5.16. The molecule has 0 radical (unpaired) electrons. The molecule has 0 fully saturated rings. The highest BCUT2D eigenvalue weighted by atomic mass is 16.5. The van der Waals surface area contributed by atoms with Crippen molar-refractivity contribution in [3.8, 4) is 0 Å². The van der Waals surface area contributed by atoms with E-state index in [2.05, 4.69) is 4.74 Å². The topological polar surface area (TPSA) is 70.0 Å². The van der Waals surface area contributed by atoms with Crippen LogP contribution in [0.3, 0.4) is 0 Å². The Balaban J connectivity index is 4.09. The van der Waals surface area contributed by atoms with Crippen molar-refractivity contribution in [3.05, 3.63) is 0 Å². The predicted molar refractivity (Wildman–Crippen MR) is 51.8 cm³/mol. The van der Waals surface area contributed by atoms with Crippen LogP contribution in [-0.4, -0.2) is 60.0 Å². The Bertz CT molecular complexity index is 172. The van der Waals surface area contributed by atoms with Gasteiger partial charge in [0.05, 0.1) is 26.4 Å². The minimum absolute atomic E-state index is 0.121. The number of rotatable bonds is 6. The number of methoxy groups -OCH3 is 1. The van der Waals surface area contributed by atoms with Gasteiger partial charge in [-0.15, -0.1) is 0 Å². The smallest absolute Gasteiger partial charge is 0.319 e. The van der Waals surface area contributed by atoms with Crippen molar-refractivity contribution < 1.29 is 19.7 Å². The lowest BCUT2D eigenvalue weighted by atomic mass is 10.2. The van der Waals surface area contributed by atoms with Crippen molar-refractivity contribution in [2.45, 2.75) is 26.0 Å². The van der Waals surface area contributed by atoms with Crippen LogP contribution in [0.4, 0.5) is 0 Å². The number of aliphatic hydroxyl groups is 2. The summed E-state index contributed by atoms with van der Waals surface area (Å²) < 4.78 is 4.52. The van der Waals surface area contributed by atoms with E-state index in [4.69, 9.17) is 5.11 Å². The fourth-order valence-corrected chi connectivity index (χ4v) is 1.02. The molecule has 0 aliphatic carbocycles. The van der Waals surface area contributed by atoms with E-state index in [1.807, 2.05) is 13.8 Å². The van der Waals surface area contributed by atoms with Gasteiger partial charge in [-0.05, 0) is 13.8 Å². The lowest BCUT2D eigenvalue weighted by molar-refractivity contribution is -0.142. The third-order valence-electron chi connectivity index (χ3n) is 1.95. The fourth-order valence-electron chi connectivity index (χ4n) is 1.02. The number of ether oxygens (including phenoxy) is 1. The quantitative estimate of drug-likeness (QED) is 0.557. The van der Waals surface area contributed by atoms with Gasteiger partial charge < -0.3 is 14.9 Å². The summed E-state index contributed by atoms with van der Waals surface area (Å²) >= 11 is 0. The van der Waals surface area contributed by atoms with Crippen LogP contribution in [0.15, 0.2) is 0 Å². The van der Waals surface area contributed by atoms with Gasteiger partial charge in [-0.2, -0.15) is 0 Å². The lowest BCUT2D eigenvalue weighted by Gasteiger charge is -2.26. The molecule has 84 valence electrons. The van der Waals surface area contributed by atoms with Gasteiger partial charge >= 0.3 is 5.97 Å². The van der Waals surface area contributed by atoms with Crippen LogP contribution in [0.5, 0.6) is 0 Å².